The molecule has 4 aromatic heterocycles. The summed E-state index contributed by atoms with van der Waals surface area (Å²) in [5.41, 5.74) is 1.74. The van der Waals surface area contributed by atoms with Crippen LogP contribution in [-0.2, 0) is 10.0 Å². The summed E-state index contributed by atoms with van der Waals surface area (Å²) >= 11 is 3.99. The fourth-order valence-electron chi connectivity index (χ4n) is 3.53. The number of imidazole rings is 1. The topological polar surface area (TPSA) is 120 Å². The third-order valence-electron chi connectivity index (χ3n) is 5.13. The first-order valence-electron chi connectivity index (χ1n) is 9.92. The van der Waals surface area contributed by atoms with E-state index in [9.17, 15) is 13.2 Å². The molecule has 2 aromatic carbocycles. The van der Waals surface area contributed by atoms with Crippen molar-refractivity contribution in [3.8, 4) is 11.5 Å². The van der Waals surface area contributed by atoms with E-state index in [1.54, 1.807) is 30.5 Å². The Labute approximate surface area is 204 Å². The van der Waals surface area contributed by atoms with E-state index in [1.165, 1.54) is 4.52 Å². The van der Waals surface area contributed by atoms with Gasteiger partial charge in [-0.25, -0.2) is 13.4 Å². The lowest BCUT2D eigenvalue weighted by molar-refractivity contribution is 0.0963. The predicted octanol–water partition coefficient (Wildman–Crippen LogP) is 4.83. The molecule has 1 unspecified atom stereocenters. The van der Waals surface area contributed by atoms with Gasteiger partial charge in [-0.15, -0.1) is 5.10 Å². The van der Waals surface area contributed by atoms with Crippen LogP contribution in [0.15, 0.2) is 80.0 Å². The Bertz CT molecular complexity index is 1750. The highest BCUT2D eigenvalue weighted by Crippen LogP contribution is 2.30. The van der Waals surface area contributed by atoms with Gasteiger partial charge in [0.15, 0.2) is 11.5 Å². The number of nitrogens with one attached hydrogen (secondary N) is 1. The normalized spacial score (nSPS) is 13.2. The number of hydrogen-bond acceptors (Lipinski definition) is 8. The molecular weight excluding hydrogens is 544 g/mol. The maximum absolute atomic E-state index is 13.0. The zero-order valence-electron chi connectivity index (χ0n) is 17.0. The van der Waals surface area contributed by atoms with Crippen LogP contribution >= 0.6 is 27.3 Å². The van der Waals surface area contributed by atoms with Gasteiger partial charge in [-0.1, -0.05) is 63.7 Å². The number of carbonyl (C=O) groups excluding carboxylic acids is 1. The molecule has 1 N–H and O–H groups in total. The molecule has 34 heavy (non-hydrogen) atoms. The largest absolute Gasteiger partial charge is 0.454 e. The maximum atomic E-state index is 13.0. The molecule has 0 saturated carbocycles. The summed E-state index contributed by atoms with van der Waals surface area (Å²) in [5, 5.41) is 5.87. The van der Waals surface area contributed by atoms with E-state index >= 15 is 0 Å². The lowest BCUT2D eigenvalue weighted by Crippen LogP contribution is -2.36. The number of benzene rings is 2. The lowest BCUT2D eigenvalue weighted by atomic mass is 10.2. The van der Waals surface area contributed by atoms with E-state index in [0.717, 1.165) is 22.1 Å². The van der Waals surface area contributed by atoms with Crippen LogP contribution in [0.3, 0.4) is 0 Å². The first-order chi connectivity index (χ1) is 16.4. The molecule has 0 aliphatic rings. The second kappa shape index (κ2) is 7.87. The second-order valence-corrected chi connectivity index (χ2v) is 11.1. The van der Waals surface area contributed by atoms with Gasteiger partial charge >= 0.3 is 0 Å². The molecule has 0 amide bonds. The van der Waals surface area contributed by atoms with E-state index in [4.69, 9.17) is 8.83 Å². The Balaban J connectivity index is 1.29. The quantitative estimate of drug-likeness (QED) is 0.177. The zero-order valence-corrected chi connectivity index (χ0v) is 20.2. The fourth-order valence-corrected chi connectivity index (χ4v) is 6.58. The number of sulfonamides is 1. The minimum atomic E-state index is -4.14. The first kappa shape index (κ1) is 21.2. The summed E-state index contributed by atoms with van der Waals surface area (Å²) in [4.78, 5) is 16.1. The van der Waals surface area contributed by atoms with Gasteiger partial charge in [0.2, 0.25) is 15.1 Å². The van der Waals surface area contributed by atoms with Gasteiger partial charge in [-0.05, 0) is 24.3 Å². The van der Waals surface area contributed by atoms with Crippen molar-refractivity contribution < 1.29 is 22.0 Å². The van der Waals surface area contributed by atoms with E-state index in [1.807, 2.05) is 36.4 Å². The van der Waals surface area contributed by atoms with Crippen LogP contribution in [0.5, 0.6) is 0 Å². The molecule has 0 spiro atoms. The number of nitrogens with zero attached hydrogens (tertiary/aromatic N) is 3. The third-order valence-corrected chi connectivity index (χ3v) is 8.79. The minimum Gasteiger partial charge on any atom is -0.454 e. The monoisotopic (exact) mass is 556 g/mol. The number of para-hydroxylation sites is 2. The van der Waals surface area contributed by atoms with E-state index in [2.05, 4.69) is 30.7 Å². The maximum Gasteiger partial charge on any atom is 0.271 e. The van der Waals surface area contributed by atoms with Gasteiger partial charge < -0.3 is 8.83 Å². The van der Waals surface area contributed by atoms with Gasteiger partial charge in [-0.2, -0.15) is 9.24 Å². The van der Waals surface area contributed by atoms with Crippen molar-refractivity contribution in [2.75, 3.05) is 0 Å². The van der Waals surface area contributed by atoms with Gasteiger partial charge in [0.1, 0.15) is 21.8 Å². The van der Waals surface area contributed by atoms with Gasteiger partial charge in [0.05, 0.1) is 6.20 Å². The molecule has 6 rings (SSSR count). The van der Waals surface area contributed by atoms with Gasteiger partial charge in [0.25, 0.3) is 10.0 Å². The Morgan fingerprint density at radius 2 is 1.71 bits per heavy atom. The molecule has 0 radical (unpaired) electrons. The van der Waals surface area contributed by atoms with Crippen LogP contribution in [0, 0.1) is 0 Å². The highest BCUT2D eigenvalue weighted by molar-refractivity contribution is 9.10. The van der Waals surface area contributed by atoms with Crippen LogP contribution in [0.4, 0.5) is 0 Å². The highest BCUT2D eigenvalue weighted by Gasteiger charge is 2.30. The zero-order chi connectivity index (χ0) is 23.4. The average molecular weight is 557 g/mol. The van der Waals surface area contributed by atoms with Gasteiger partial charge in [-0.3, -0.25) is 4.79 Å². The summed E-state index contributed by atoms with van der Waals surface area (Å²) in [5.74, 6) is -0.0229. The summed E-state index contributed by atoms with van der Waals surface area (Å²) in [7, 11) is -4.14. The van der Waals surface area contributed by atoms with Crippen LogP contribution in [0.25, 0.3) is 38.4 Å². The summed E-state index contributed by atoms with van der Waals surface area (Å²) in [6, 6.07) is 18.1. The molecule has 6 aromatic rings. The molecule has 0 aliphatic heterocycles. The van der Waals surface area contributed by atoms with E-state index < -0.39 is 20.8 Å². The molecule has 0 aliphatic carbocycles. The minimum absolute atomic E-state index is 0.0342. The summed E-state index contributed by atoms with van der Waals surface area (Å²) < 4.78 is 40.8. The van der Waals surface area contributed by atoms with Crippen molar-refractivity contribution >= 4 is 70.0 Å². The molecule has 0 bridgehead atoms. The number of halogens is 1. The van der Waals surface area contributed by atoms with Crippen molar-refractivity contribution in [1.29, 1.82) is 0 Å². The lowest BCUT2D eigenvalue weighted by Gasteiger charge is -2.08. The molecule has 4 heterocycles. The molecule has 0 saturated heterocycles. The molecule has 0 fully saturated rings. The summed E-state index contributed by atoms with van der Waals surface area (Å²) in [6.45, 7) is 0. The Morgan fingerprint density at radius 3 is 2.41 bits per heavy atom. The average Bonchev–Trinajstić information content (AvgIpc) is 3.59. The molecule has 170 valence electrons. The standard InChI is InChI=1S/C22H13BrN4O5S2/c23-20(19(28)18-10-13-6-2-4-8-16(13)32-18)26-34(29,30)22-25-27-14(11-24-21(27)33-22)17-9-12-5-1-3-7-15(12)31-17/h1-11,20,26H. The smallest absolute Gasteiger partial charge is 0.271 e. The van der Waals surface area contributed by atoms with E-state index in [0.29, 0.717) is 27.6 Å². The number of ketones is 1. The van der Waals surface area contributed by atoms with Crippen LogP contribution < -0.4 is 4.72 Å². The van der Waals surface area contributed by atoms with E-state index in [-0.39, 0.29) is 10.1 Å². The molecule has 9 nitrogen and oxygen atoms in total. The number of carbonyl (C=O) groups is 1. The predicted molar refractivity (Wildman–Crippen MR) is 130 cm³/mol. The molecule has 1 atom stereocenters. The van der Waals surface area contributed by atoms with Crippen molar-refractivity contribution in [2.24, 2.45) is 0 Å². The Kier molecular flexibility index (Phi) is 4.92. The number of rotatable bonds is 6. The number of hydrogen-bond donors (Lipinski definition) is 1. The number of fused-ring (bicyclic) bond motifs is 3. The van der Waals surface area contributed by atoms with Crippen LogP contribution in [0.1, 0.15) is 10.6 Å². The second-order valence-electron chi connectivity index (χ2n) is 7.35. The van der Waals surface area contributed by atoms with Crippen molar-refractivity contribution in [2.45, 2.75) is 9.29 Å². The number of alkyl halides is 1. The van der Waals surface area contributed by atoms with Crippen LogP contribution in [0.2, 0.25) is 0 Å². The third kappa shape index (κ3) is 3.55. The fraction of sp³-hybridized carbons (Fsp3) is 0.0455. The van der Waals surface area contributed by atoms with Crippen molar-refractivity contribution in [1.82, 2.24) is 19.3 Å². The Hall–Kier alpha value is -3.32. The first-order valence-corrected chi connectivity index (χ1v) is 13.1. The van der Waals surface area contributed by atoms with Crippen LogP contribution in [-0.4, -0.2) is 33.8 Å². The summed E-state index contributed by atoms with van der Waals surface area (Å²) in [6.07, 6.45) is 1.57. The highest BCUT2D eigenvalue weighted by atomic mass is 79.9. The SMILES string of the molecule is O=C(c1cc2ccccc2o1)C(Br)NS(=O)(=O)c1nn2c(-c3cc4ccccc4o3)cnc2s1. The van der Waals surface area contributed by atoms with Crippen molar-refractivity contribution in [3.63, 3.8) is 0 Å². The van der Waals surface area contributed by atoms with Crippen molar-refractivity contribution in [3.05, 3.63) is 72.6 Å². The molecular formula is C22H13BrN4O5S2. The van der Waals surface area contributed by atoms with Gasteiger partial charge in [0, 0.05) is 10.8 Å². The number of furan rings is 2. The number of aromatic nitrogens is 3. The Morgan fingerprint density at radius 1 is 1.03 bits per heavy atom. The number of Topliss-reactive ketones (excluding diaryl/α,β-unsaturated/α-hetero) is 1. The molecule has 12 heteroatoms.